The highest BCUT2D eigenvalue weighted by molar-refractivity contribution is 5.48. The van der Waals surface area contributed by atoms with E-state index in [9.17, 15) is 0 Å². The van der Waals surface area contributed by atoms with Crippen LogP contribution >= 0.6 is 0 Å². The Hall–Kier alpha value is -1.08. The molecule has 0 spiro atoms. The summed E-state index contributed by atoms with van der Waals surface area (Å²) in [6.45, 7) is 5.88. The molecule has 1 nitrogen and oxygen atoms in total. The smallest absolute Gasteiger partial charge is 0.0289 e. The third-order valence-electron chi connectivity index (χ3n) is 2.08. The molecule has 0 unspecified atom stereocenters. The van der Waals surface area contributed by atoms with Gasteiger partial charge in [-0.1, -0.05) is 36.9 Å². The van der Waals surface area contributed by atoms with Gasteiger partial charge in [-0.3, -0.25) is 0 Å². The van der Waals surface area contributed by atoms with Gasteiger partial charge in [-0.15, -0.1) is 0 Å². The largest absolute Gasteiger partial charge is 0.313 e. The van der Waals surface area contributed by atoms with Gasteiger partial charge in [-0.05, 0) is 25.1 Å². The molecule has 0 aromatic heterocycles. The van der Waals surface area contributed by atoms with Crippen LogP contribution in [0.1, 0.15) is 24.1 Å². The van der Waals surface area contributed by atoms with Gasteiger partial charge >= 0.3 is 0 Å². The summed E-state index contributed by atoms with van der Waals surface area (Å²) >= 11 is 0. The van der Waals surface area contributed by atoms with E-state index >= 15 is 0 Å². The second-order valence-corrected chi connectivity index (χ2v) is 2.88. The van der Waals surface area contributed by atoms with Gasteiger partial charge in [-0.2, -0.15) is 0 Å². The molecule has 12 heavy (non-hydrogen) atoms. The van der Waals surface area contributed by atoms with Crippen LogP contribution < -0.4 is 5.32 Å². The fraction of sp³-hybridized carbons (Fsp3) is 0.273. The third kappa shape index (κ3) is 1.95. The number of hydrogen-bond donors (Lipinski definition) is 1. The van der Waals surface area contributed by atoms with E-state index in [-0.39, 0.29) is 0 Å². The van der Waals surface area contributed by atoms with Crippen LogP contribution in [0.15, 0.2) is 30.8 Å². The van der Waals surface area contributed by atoms with Gasteiger partial charge in [0.2, 0.25) is 0 Å². The molecule has 64 valence electrons. The van der Waals surface area contributed by atoms with E-state index in [2.05, 4.69) is 43.1 Å². The fourth-order valence-electron chi connectivity index (χ4n) is 1.12. The highest BCUT2D eigenvalue weighted by atomic mass is 14.8. The van der Waals surface area contributed by atoms with Crippen molar-refractivity contribution in [3.63, 3.8) is 0 Å². The van der Waals surface area contributed by atoms with Crippen LogP contribution in [-0.4, -0.2) is 7.05 Å². The lowest BCUT2D eigenvalue weighted by Crippen LogP contribution is -2.12. The maximum atomic E-state index is 3.74. The predicted molar refractivity (Wildman–Crippen MR) is 54.0 cm³/mol. The summed E-state index contributed by atoms with van der Waals surface area (Å²) in [5.41, 5.74) is 2.48. The van der Waals surface area contributed by atoms with Gasteiger partial charge in [0, 0.05) is 6.04 Å². The first-order valence-corrected chi connectivity index (χ1v) is 4.17. The zero-order chi connectivity index (χ0) is 8.97. The lowest BCUT2D eigenvalue weighted by atomic mass is 10.1. The Morgan fingerprint density at radius 3 is 2.83 bits per heavy atom. The van der Waals surface area contributed by atoms with Crippen LogP contribution in [-0.2, 0) is 0 Å². The fourth-order valence-corrected chi connectivity index (χ4v) is 1.12. The highest BCUT2D eigenvalue weighted by Crippen LogP contribution is 2.13. The van der Waals surface area contributed by atoms with Crippen LogP contribution in [0.5, 0.6) is 0 Å². The van der Waals surface area contributed by atoms with Crippen molar-refractivity contribution in [1.29, 1.82) is 0 Å². The molecule has 0 bridgehead atoms. The van der Waals surface area contributed by atoms with E-state index in [1.54, 1.807) is 0 Å². The molecular weight excluding hydrogens is 146 g/mol. The molecule has 1 N–H and O–H groups in total. The Morgan fingerprint density at radius 1 is 1.50 bits per heavy atom. The van der Waals surface area contributed by atoms with E-state index in [1.807, 2.05) is 13.1 Å². The van der Waals surface area contributed by atoms with Gasteiger partial charge in [0.1, 0.15) is 0 Å². The Balaban J connectivity index is 2.93. The number of benzene rings is 1. The molecule has 0 aliphatic heterocycles. The Labute approximate surface area is 74.1 Å². The van der Waals surface area contributed by atoms with E-state index in [4.69, 9.17) is 0 Å². The summed E-state index contributed by atoms with van der Waals surface area (Å²) in [5, 5.41) is 3.20. The zero-order valence-electron chi connectivity index (χ0n) is 7.67. The highest BCUT2D eigenvalue weighted by Gasteiger charge is 2.00. The first-order chi connectivity index (χ1) is 5.77. The topological polar surface area (TPSA) is 12.0 Å². The quantitative estimate of drug-likeness (QED) is 0.718. The molecule has 1 aromatic rings. The Morgan fingerprint density at radius 2 is 2.25 bits per heavy atom. The predicted octanol–water partition coefficient (Wildman–Crippen LogP) is 2.61. The van der Waals surface area contributed by atoms with E-state index in [1.165, 1.54) is 11.1 Å². The molecule has 0 amide bonds. The Kier molecular flexibility index (Phi) is 3.06. The van der Waals surface area contributed by atoms with Crippen molar-refractivity contribution in [2.24, 2.45) is 0 Å². The summed E-state index contributed by atoms with van der Waals surface area (Å²) in [5.74, 6) is 0. The molecule has 0 fully saturated rings. The number of rotatable bonds is 3. The second-order valence-electron chi connectivity index (χ2n) is 2.88. The normalized spacial score (nSPS) is 12.5. The summed E-state index contributed by atoms with van der Waals surface area (Å²) in [6.07, 6.45) is 1.87. The zero-order valence-corrected chi connectivity index (χ0v) is 7.67. The van der Waals surface area contributed by atoms with Crippen LogP contribution in [0.4, 0.5) is 0 Å². The van der Waals surface area contributed by atoms with Crippen LogP contribution in [0.2, 0.25) is 0 Å². The van der Waals surface area contributed by atoms with Crippen molar-refractivity contribution >= 4 is 6.08 Å². The molecule has 0 aliphatic carbocycles. The van der Waals surface area contributed by atoms with Gasteiger partial charge in [-0.25, -0.2) is 0 Å². The molecular formula is C11H15N. The molecule has 0 saturated carbocycles. The van der Waals surface area contributed by atoms with Crippen molar-refractivity contribution in [3.05, 3.63) is 42.0 Å². The Bertz CT molecular complexity index is 265. The molecule has 1 heteroatoms. The van der Waals surface area contributed by atoms with Crippen molar-refractivity contribution in [1.82, 2.24) is 5.32 Å². The first-order valence-electron chi connectivity index (χ1n) is 4.17. The van der Waals surface area contributed by atoms with E-state index in [0.29, 0.717) is 6.04 Å². The van der Waals surface area contributed by atoms with E-state index < -0.39 is 0 Å². The monoisotopic (exact) mass is 161 g/mol. The molecule has 0 heterocycles. The van der Waals surface area contributed by atoms with Crippen LogP contribution in [0, 0.1) is 0 Å². The van der Waals surface area contributed by atoms with Gasteiger partial charge < -0.3 is 5.32 Å². The van der Waals surface area contributed by atoms with Crippen molar-refractivity contribution in [2.75, 3.05) is 7.05 Å². The van der Waals surface area contributed by atoms with Crippen LogP contribution in [0.25, 0.3) is 6.08 Å². The molecule has 0 saturated heterocycles. The maximum Gasteiger partial charge on any atom is 0.0289 e. The standard InChI is InChI=1S/C11H15N/c1-4-10-6-5-7-11(8-10)9(2)12-3/h4-9,12H,1H2,2-3H3/t9-/m0/s1. The van der Waals surface area contributed by atoms with Gasteiger partial charge in [0.05, 0.1) is 0 Å². The first kappa shape index (κ1) is 9.01. The average molecular weight is 161 g/mol. The number of nitrogens with one attached hydrogen (secondary N) is 1. The summed E-state index contributed by atoms with van der Waals surface area (Å²) < 4.78 is 0. The molecule has 1 atom stereocenters. The lowest BCUT2D eigenvalue weighted by Gasteiger charge is -2.10. The molecule has 0 aliphatic rings. The minimum atomic E-state index is 0.407. The molecule has 1 aromatic carbocycles. The van der Waals surface area contributed by atoms with Gasteiger partial charge in [0.15, 0.2) is 0 Å². The lowest BCUT2D eigenvalue weighted by molar-refractivity contribution is 0.652. The summed E-state index contributed by atoms with van der Waals surface area (Å²) in [7, 11) is 1.96. The van der Waals surface area contributed by atoms with Crippen molar-refractivity contribution < 1.29 is 0 Å². The van der Waals surface area contributed by atoms with Crippen molar-refractivity contribution in [3.8, 4) is 0 Å². The third-order valence-corrected chi connectivity index (χ3v) is 2.08. The minimum Gasteiger partial charge on any atom is -0.313 e. The van der Waals surface area contributed by atoms with E-state index in [0.717, 1.165) is 0 Å². The second kappa shape index (κ2) is 4.07. The van der Waals surface area contributed by atoms with Gasteiger partial charge in [0.25, 0.3) is 0 Å². The number of hydrogen-bond acceptors (Lipinski definition) is 1. The summed E-state index contributed by atoms with van der Waals surface area (Å²) in [6, 6.07) is 8.78. The summed E-state index contributed by atoms with van der Waals surface area (Å²) in [4.78, 5) is 0. The maximum absolute atomic E-state index is 3.74. The minimum absolute atomic E-state index is 0.407. The van der Waals surface area contributed by atoms with Crippen molar-refractivity contribution in [2.45, 2.75) is 13.0 Å². The molecule has 0 radical (unpaired) electrons. The SMILES string of the molecule is C=Cc1cccc([C@H](C)NC)c1. The average Bonchev–Trinajstić information content (AvgIpc) is 2.17. The molecule has 1 rings (SSSR count). The van der Waals surface area contributed by atoms with Crippen LogP contribution in [0.3, 0.4) is 0 Å².